The first-order valence-electron chi connectivity index (χ1n) is 6.57. The van der Waals surface area contributed by atoms with Gasteiger partial charge in [-0.3, -0.25) is 4.98 Å². The summed E-state index contributed by atoms with van der Waals surface area (Å²) in [6.45, 7) is 2.89. The van der Waals surface area contributed by atoms with E-state index in [0.29, 0.717) is 0 Å². The topological polar surface area (TPSA) is 24.9 Å². The Bertz CT molecular complexity index is 753. The number of aryl methyl sites for hydroxylation is 1. The molecular weight excluding hydrogens is 312 g/mol. The van der Waals surface area contributed by atoms with Crippen molar-refractivity contribution in [1.29, 1.82) is 0 Å². The van der Waals surface area contributed by atoms with E-state index < -0.39 is 0 Å². The summed E-state index contributed by atoms with van der Waals surface area (Å²) in [5.41, 5.74) is 4.64. The summed E-state index contributed by atoms with van der Waals surface area (Å²) < 4.78 is 1.10. The largest absolute Gasteiger partial charge is 0.380 e. The van der Waals surface area contributed by atoms with Crippen molar-refractivity contribution < 1.29 is 0 Å². The number of anilines is 1. The summed E-state index contributed by atoms with van der Waals surface area (Å²) in [5, 5.41) is 4.67. The number of halogens is 1. The van der Waals surface area contributed by atoms with Crippen LogP contribution in [0.5, 0.6) is 0 Å². The van der Waals surface area contributed by atoms with Crippen LogP contribution in [-0.2, 0) is 6.54 Å². The molecule has 2 aromatic carbocycles. The molecule has 1 aromatic heterocycles. The van der Waals surface area contributed by atoms with E-state index in [9.17, 15) is 0 Å². The van der Waals surface area contributed by atoms with Crippen LogP contribution in [0.15, 0.2) is 59.2 Å². The molecule has 0 aliphatic rings. The van der Waals surface area contributed by atoms with Gasteiger partial charge in [0.05, 0.1) is 5.52 Å². The first kappa shape index (κ1) is 13.1. The number of fused-ring (bicyclic) bond motifs is 1. The fourth-order valence-corrected chi connectivity index (χ4v) is 2.76. The fraction of sp³-hybridized carbons (Fsp3) is 0.118. The zero-order valence-electron chi connectivity index (χ0n) is 11.2. The normalized spacial score (nSPS) is 10.7. The van der Waals surface area contributed by atoms with E-state index in [1.165, 1.54) is 16.5 Å². The van der Waals surface area contributed by atoms with Crippen molar-refractivity contribution in [2.45, 2.75) is 13.5 Å². The van der Waals surface area contributed by atoms with E-state index in [1.807, 2.05) is 18.3 Å². The van der Waals surface area contributed by atoms with Crippen LogP contribution < -0.4 is 5.32 Å². The molecule has 0 bridgehead atoms. The van der Waals surface area contributed by atoms with Gasteiger partial charge in [-0.1, -0.05) is 34.1 Å². The number of nitrogens with zero attached hydrogens (tertiary/aromatic N) is 1. The molecule has 3 aromatic rings. The lowest BCUT2D eigenvalue weighted by Gasteiger charge is -2.11. The molecule has 0 saturated heterocycles. The Morgan fingerprint density at radius 2 is 2.00 bits per heavy atom. The lowest BCUT2D eigenvalue weighted by atomic mass is 10.1. The predicted molar refractivity (Wildman–Crippen MR) is 87.9 cm³/mol. The highest BCUT2D eigenvalue weighted by Crippen LogP contribution is 2.25. The Hall–Kier alpha value is -1.87. The average molecular weight is 327 g/mol. The molecule has 0 fully saturated rings. The van der Waals surface area contributed by atoms with Crippen molar-refractivity contribution in [3.05, 3.63) is 70.3 Å². The SMILES string of the molecule is Cc1ccc(NCc2cccc(Br)c2)c2cccnc12. The van der Waals surface area contributed by atoms with Gasteiger partial charge in [0.15, 0.2) is 0 Å². The third-order valence-corrected chi connectivity index (χ3v) is 3.84. The number of aromatic nitrogens is 1. The van der Waals surface area contributed by atoms with E-state index in [-0.39, 0.29) is 0 Å². The lowest BCUT2D eigenvalue weighted by Crippen LogP contribution is -2.00. The lowest BCUT2D eigenvalue weighted by molar-refractivity contribution is 1.15. The van der Waals surface area contributed by atoms with Gasteiger partial charge in [-0.15, -0.1) is 0 Å². The first-order chi connectivity index (χ1) is 9.74. The van der Waals surface area contributed by atoms with Crippen molar-refractivity contribution in [2.24, 2.45) is 0 Å². The highest BCUT2D eigenvalue weighted by molar-refractivity contribution is 9.10. The van der Waals surface area contributed by atoms with Crippen LogP contribution >= 0.6 is 15.9 Å². The molecule has 0 spiro atoms. The molecule has 2 nitrogen and oxygen atoms in total. The van der Waals surface area contributed by atoms with Gasteiger partial charge in [0.1, 0.15) is 0 Å². The summed E-state index contributed by atoms with van der Waals surface area (Å²) in [7, 11) is 0. The molecule has 0 atom stereocenters. The van der Waals surface area contributed by atoms with Crippen LogP contribution in [0.3, 0.4) is 0 Å². The second-order valence-electron chi connectivity index (χ2n) is 4.81. The molecule has 0 aliphatic heterocycles. The van der Waals surface area contributed by atoms with E-state index in [0.717, 1.165) is 22.2 Å². The number of benzene rings is 2. The quantitative estimate of drug-likeness (QED) is 0.739. The molecule has 0 amide bonds. The van der Waals surface area contributed by atoms with Crippen LogP contribution in [-0.4, -0.2) is 4.98 Å². The van der Waals surface area contributed by atoms with Gasteiger partial charge in [-0.25, -0.2) is 0 Å². The van der Waals surface area contributed by atoms with Gasteiger partial charge in [0, 0.05) is 28.3 Å². The summed E-state index contributed by atoms with van der Waals surface area (Å²) >= 11 is 3.50. The summed E-state index contributed by atoms with van der Waals surface area (Å²) in [4.78, 5) is 4.46. The van der Waals surface area contributed by atoms with E-state index in [2.05, 4.69) is 69.6 Å². The molecular formula is C17H15BrN2. The summed E-state index contributed by atoms with van der Waals surface area (Å²) in [6, 6.07) is 16.7. The second kappa shape index (κ2) is 5.63. The number of hydrogen-bond acceptors (Lipinski definition) is 2. The molecule has 0 saturated carbocycles. The third kappa shape index (κ3) is 2.68. The maximum absolute atomic E-state index is 4.46. The Balaban J connectivity index is 1.90. The molecule has 20 heavy (non-hydrogen) atoms. The number of pyridine rings is 1. The van der Waals surface area contributed by atoms with E-state index >= 15 is 0 Å². The molecule has 3 rings (SSSR count). The molecule has 0 aliphatic carbocycles. The Morgan fingerprint density at radius 3 is 2.85 bits per heavy atom. The molecule has 0 unspecified atom stereocenters. The van der Waals surface area contributed by atoms with Crippen LogP contribution in [0.25, 0.3) is 10.9 Å². The van der Waals surface area contributed by atoms with Crippen LogP contribution in [0, 0.1) is 6.92 Å². The smallest absolute Gasteiger partial charge is 0.0751 e. The minimum absolute atomic E-state index is 0.798. The van der Waals surface area contributed by atoms with Crippen LogP contribution in [0.1, 0.15) is 11.1 Å². The molecule has 3 heteroatoms. The van der Waals surface area contributed by atoms with Gasteiger partial charge in [-0.05, 0) is 48.4 Å². The maximum Gasteiger partial charge on any atom is 0.0751 e. The van der Waals surface area contributed by atoms with Gasteiger partial charge in [0.25, 0.3) is 0 Å². The molecule has 1 N–H and O–H groups in total. The summed E-state index contributed by atoms with van der Waals surface area (Å²) in [6.07, 6.45) is 1.84. The molecule has 0 radical (unpaired) electrons. The van der Waals surface area contributed by atoms with Crippen molar-refractivity contribution in [2.75, 3.05) is 5.32 Å². The highest BCUT2D eigenvalue weighted by Gasteiger charge is 2.04. The molecule has 100 valence electrons. The minimum atomic E-state index is 0.798. The Labute approximate surface area is 127 Å². The second-order valence-corrected chi connectivity index (χ2v) is 5.73. The van der Waals surface area contributed by atoms with Crippen molar-refractivity contribution in [1.82, 2.24) is 4.98 Å². The Kier molecular flexibility index (Phi) is 3.70. The van der Waals surface area contributed by atoms with Gasteiger partial charge in [0.2, 0.25) is 0 Å². The van der Waals surface area contributed by atoms with E-state index in [1.54, 1.807) is 0 Å². The van der Waals surface area contributed by atoms with Crippen molar-refractivity contribution in [3.8, 4) is 0 Å². The highest BCUT2D eigenvalue weighted by atomic mass is 79.9. The fourth-order valence-electron chi connectivity index (χ4n) is 2.31. The molecule has 1 heterocycles. The van der Waals surface area contributed by atoms with Crippen molar-refractivity contribution >= 4 is 32.5 Å². The monoisotopic (exact) mass is 326 g/mol. The average Bonchev–Trinajstić information content (AvgIpc) is 2.47. The van der Waals surface area contributed by atoms with Crippen molar-refractivity contribution in [3.63, 3.8) is 0 Å². The third-order valence-electron chi connectivity index (χ3n) is 3.34. The van der Waals surface area contributed by atoms with Crippen LogP contribution in [0.4, 0.5) is 5.69 Å². The number of nitrogens with one attached hydrogen (secondary N) is 1. The predicted octanol–water partition coefficient (Wildman–Crippen LogP) is 4.92. The summed E-state index contributed by atoms with van der Waals surface area (Å²) in [5.74, 6) is 0. The standard InChI is InChI=1S/C17H15BrN2/c1-12-7-8-16(15-6-3-9-19-17(12)15)20-11-13-4-2-5-14(18)10-13/h2-10,20H,11H2,1H3. The Morgan fingerprint density at radius 1 is 1.10 bits per heavy atom. The zero-order valence-corrected chi connectivity index (χ0v) is 12.8. The van der Waals surface area contributed by atoms with Crippen LogP contribution in [0.2, 0.25) is 0 Å². The first-order valence-corrected chi connectivity index (χ1v) is 7.36. The minimum Gasteiger partial charge on any atom is -0.380 e. The number of hydrogen-bond donors (Lipinski definition) is 1. The van der Waals surface area contributed by atoms with Gasteiger partial charge >= 0.3 is 0 Å². The van der Waals surface area contributed by atoms with Gasteiger partial charge in [-0.2, -0.15) is 0 Å². The zero-order chi connectivity index (χ0) is 13.9. The number of rotatable bonds is 3. The van der Waals surface area contributed by atoms with E-state index in [4.69, 9.17) is 0 Å². The van der Waals surface area contributed by atoms with Gasteiger partial charge < -0.3 is 5.32 Å². The maximum atomic E-state index is 4.46.